The van der Waals surface area contributed by atoms with E-state index in [4.69, 9.17) is 0 Å². The van der Waals surface area contributed by atoms with Crippen molar-refractivity contribution in [3.63, 3.8) is 0 Å². The maximum atomic E-state index is 2.44. The summed E-state index contributed by atoms with van der Waals surface area (Å²) in [6, 6.07) is 74.2. The fourth-order valence-electron chi connectivity index (χ4n) is 12.3. The summed E-state index contributed by atoms with van der Waals surface area (Å²) in [6.45, 7) is 18.2. The van der Waals surface area contributed by atoms with E-state index < -0.39 is 0 Å². The first-order valence-electron chi connectivity index (χ1n) is 26.6. The van der Waals surface area contributed by atoms with Gasteiger partial charge in [-0.1, -0.05) is 247 Å². The first kappa shape index (κ1) is 47.1. The highest BCUT2D eigenvalue weighted by atomic mass is 14.4. The van der Waals surface area contributed by atoms with Crippen LogP contribution in [0.4, 0.5) is 0 Å². The summed E-state index contributed by atoms with van der Waals surface area (Å²) in [5.74, 6) is 0.629. The molecule has 0 nitrogen and oxygen atoms in total. The average Bonchev–Trinajstić information content (AvgIpc) is 3.75. The third-order valence-electron chi connectivity index (χ3n) is 16.5. The predicted molar refractivity (Wildman–Crippen MR) is 311 cm³/mol. The first-order chi connectivity index (χ1) is 34.9. The Morgan fingerprint density at radius 2 is 0.958 bits per heavy atom. The topological polar surface area (TPSA) is 0 Å². The van der Waals surface area contributed by atoms with E-state index in [2.05, 4.69) is 256 Å². The van der Waals surface area contributed by atoms with Crippen molar-refractivity contribution in [1.82, 2.24) is 0 Å². The van der Waals surface area contributed by atoms with Crippen molar-refractivity contribution in [2.24, 2.45) is 0 Å². The Bertz CT molecular complexity index is 3630. The molecule has 0 radical (unpaired) electrons. The molecule has 3 aliphatic rings. The molecule has 0 spiro atoms. The number of fused-ring (bicyclic) bond motifs is 8. The summed E-state index contributed by atoms with van der Waals surface area (Å²) in [5.41, 5.74) is 26.9. The van der Waals surface area contributed by atoms with Crippen LogP contribution in [0.25, 0.3) is 77.2 Å². The third kappa shape index (κ3) is 8.39. The molecule has 13 rings (SSSR count). The maximum absolute atomic E-state index is 2.44. The van der Waals surface area contributed by atoms with Gasteiger partial charge in [-0.2, -0.15) is 0 Å². The molecule has 1 saturated carbocycles. The van der Waals surface area contributed by atoms with Gasteiger partial charge in [0.25, 0.3) is 0 Å². The van der Waals surface area contributed by atoms with Gasteiger partial charge in [-0.3, -0.25) is 0 Å². The molecule has 0 bridgehead atoms. The van der Waals surface area contributed by atoms with Gasteiger partial charge in [0.1, 0.15) is 0 Å². The van der Waals surface area contributed by atoms with Gasteiger partial charge < -0.3 is 0 Å². The zero-order chi connectivity index (χ0) is 49.7. The van der Waals surface area contributed by atoms with E-state index in [0.717, 1.165) is 6.42 Å². The molecule has 3 aliphatic carbocycles. The zero-order valence-electron chi connectivity index (χ0n) is 43.7. The smallest absolute Gasteiger partial charge is 0.0159 e. The van der Waals surface area contributed by atoms with Crippen molar-refractivity contribution in [2.45, 2.75) is 104 Å². The zero-order valence-corrected chi connectivity index (χ0v) is 43.7. The Kier molecular flexibility index (Phi) is 12.5. The standard InChI is InChI=1S/C32H28.C24H24.C16H16/c1-21-14-17-24(18-15-21)29-20-26-9-4-6-13-28(26)32(31(29)25-10-7-11-25)30-22(2)16-19-23-8-3-5-12-27(23)30;1-4-8-17-11-13-20-21-14-12-19(18-9-6-5-7-10-18)16-23(21)24(2,3)22(20)15-17;1-11-8-9-13-12-6-4-5-7-14(12)16(2,3)15(13)10-11/h3-6,8-9,12-20,25H,7,10-11H2,1-2H3;5-7,9-16H,4,8H2,1-3H3;4-10H,1-3H3. The average molecular weight is 933 g/mol. The van der Waals surface area contributed by atoms with E-state index in [1.165, 1.54) is 147 Å². The number of aryl methyl sites for hydroxylation is 4. The summed E-state index contributed by atoms with van der Waals surface area (Å²) in [7, 11) is 0. The van der Waals surface area contributed by atoms with Crippen molar-refractivity contribution in [1.29, 1.82) is 0 Å². The van der Waals surface area contributed by atoms with Crippen LogP contribution in [0, 0.1) is 20.8 Å². The normalized spacial score (nSPS) is 14.5. The SMILES string of the molecule is CCCc1ccc2c(c1)C(C)(C)c1cc(-c3ccccc3)ccc1-2.Cc1ccc(-c2cc3ccccc3c(-c3c(C)ccc4ccccc34)c2C2CCC2)cc1.Cc1ccc2c(c1)C(C)(C)c1ccccc1-2. The second-order valence-corrected chi connectivity index (χ2v) is 22.0. The van der Waals surface area contributed by atoms with Gasteiger partial charge >= 0.3 is 0 Å². The van der Waals surface area contributed by atoms with Gasteiger partial charge in [0.2, 0.25) is 0 Å². The van der Waals surface area contributed by atoms with E-state index in [0.29, 0.717) is 5.92 Å². The first-order valence-corrected chi connectivity index (χ1v) is 26.6. The van der Waals surface area contributed by atoms with Gasteiger partial charge in [-0.05, 0) is 174 Å². The molecule has 10 aromatic rings. The molecule has 0 saturated heterocycles. The van der Waals surface area contributed by atoms with Gasteiger partial charge in [0, 0.05) is 10.8 Å². The molecule has 0 aromatic heterocycles. The highest BCUT2D eigenvalue weighted by Crippen LogP contribution is 2.53. The van der Waals surface area contributed by atoms with Gasteiger partial charge in [0.15, 0.2) is 0 Å². The Morgan fingerprint density at radius 3 is 1.67 bits per heavy atom. The minimum atomic E-state index is 0.0687. The molecule has 0 N–H and O–H groups in total. The van der Waals surface area contributed by atoms with E-state index in [9.17, 15) is 0 Å². The highest BCUT2D eigenvalue weighted by Gasteiger charge is 2.37. The van der Waals surface area contributed by atoms with Crippen LogP contribution >= 0.6 is 0 Å². The van der Waals surface area contributed by atoms with Crippen LogP contribution in [0.5, 0.6) is 0 Å². The van der Waals surface area contributed by atoms with Gasteiger partial charge in [0.05, 0.1) is 0 Å². The van der Waals surface area contributed by atoms with Crippen LogP contribution in [0.3, 0.4) is 0 Å². The second kappa shape index (κ2) is 19.0. The fourth-order valence-corrected chi connectivity index (χ4v) is 12.3. The van der Waals surface area contributed by atoms with Crippen LogP contribution < -0.4 is 0 Å². The lowest BCUT2D eigenvalue weighted by Crippen LogP contribution is -2.15. The third-order valence-corrected chi connectivity index (χ3v) is 16.5. The van der Waals surface area contributed by atoms with Crippen molar-refractivity contribution < 1.29 is 0 Å². The van der Waals surface area contributed by atoms with Crippen molar-refractivity contribution >= 4 is 21.5 Å². The quantitative estimate of drug-likeness (QED) is 0.156. The van der Waals surface area contributed by atoms with Crippen LogP contribution in [-0.4, -0.2) is 0 Å². The summed E-state index contributed by atoms with van der Waals surface area (Å²) in [4.78, 5) is 0. The molecule has 10 aromatic carbocycles. The van der Waals surface area contributed by atoms with Crippen molar-refractivity contribution in [3.05, 3.63) is 250 Å². The summed E-state index contributed by atoms with van der Waals surface area (Å²) in [6.07, 6.45) is 6.26. The molecule has 356 valence electrons. The minimum absolute atomic E-state index is 0.0687. The van der Waals surface area contributed by atoms with Crippen molar-refractivity contribution in [2.75, 3.05) is 0 Å². The molecule has 1 fully saturated rings. The predicted octanol–water partition coefficient (Wildman–Crippen LogP) is 20.1. The molecule has 0 unspecified atom stereocenters. The lowest BCUT2D eigenvalue weighted by Gasteiger charge is -2.32. The Labute approximate surface area is 429 Å². The van der Waals surface area contributed by atoms with Crippen LogP contribution in [0.15, 0.2) is 200 Å². The van der Waals surface area contributed by atoms with Crippen LogP contribution in [0.1, 0.15) is 116 Å². The van der Waals surface area contributed by atoms with Crippen LogP contribution in [-0.2, 0) is 17.3 Å². The van der Waals surface area contributed by atoms with Gasteiger partial charge in [-0.15, -0.1) is 0 Å². The van der Waals surface area contributed by atoms with Crippen molar-refractivity contribution in [3.8, 4) is 55.6 Å². The number of benzene rings is 10. The van der Waals surface area contributed by atoms with E-state index in [1.807, 2.05) is 0 Å². The second-order valence-electron chi connectivity index (χ2n) is 22.0. The molecule has 0 heteroatoms. The summed E-state index contributed by atoms with van der Waals surface area (Å²) in [5, 5.41) is 5.38. The molecule has 0 atom stereocenters. The van der Waals surface area contributed by atoms with E-state index in [-0.39, 0.29) is 10.8 Å². The molecular weight excluding hydrogens is 865 g/mol. The van der Waals surface area contributed by atoms with E-state index >= 15 is 0 Å². The summed E-state index contributed by atoms with van der Waals surface area (Å²) >= 11 is 0. The lowest BCUT2D eigenvalue weighted by atomic mass is 9.72. The molecule has 0 aliphatic heterocycles. The van der Waals surface area contributed by atoms with Crippen LogP contribution in [0.2, 0.25) is 0 Å². The highest BCUT2D eigenvalue weighted by molar-refractivity contribution is 6.10. The fraction of sp³-hybridized carbons (Fsp3) is 0.222. The Morgan fingerprint density at radius 1 is 0.403 bits per heavy atom. The number of hydrogen-bond acceptors (Lipinski definition) is 0. The minimum Gasteiger partial charge on any atom is -0.0651 e. The number of rotatable bonds is 6. The monoisotopic (exact) mass is 933 g/mol. The summed E-state index contributed by atoms with van der Waals surface area (Å²) < 4.78 is 0. The van der Waals surface area contributed by atoms with Gasteiger partial charge in [-0.25, -0.2) is 0 Å². The molecule has 0 amide bonds. The Hall–Kier alpha value is -7.28. The lowest BCUT2D eigenvalue weighted by molar-refractivity contribution is 0.421. The number of hydrogen-bond donors (Lipinski definition) is 0. The molecular formula is C72H68. The molecule has 72 heavy (non-hydrogen) atoms. The van der Waals surface area contributed by atoms with E-state index in [1.54, 1.807) is 5.56 Å². The largest absolute Gasteiger partial charge is 0.0651 e. The maximum Gasteiger partial charge on any atom is 0.0159 e. The molecule has 0 heterocycles. The Balaban J connectivity index is 0.000000124.